The van der Waals surface area contributed by atoms with E-state index in [9.17, 15) is 4.79 Å². The molecule has 1 aliphatic rings. The van der Waals surface area contributed by atoms with Crippen molar-refractivity contribution in [1.29, 1.82) is 0 Å². The summed E-state index contributed by atoms with van der Waals surface area (Å²) in [7, 11) is 0. The number of fused-ring (bicyclic) bond motifs is 2. The molecule has 2 aromatic heterocycles. The molecule has 3 heterocycles. The van der Waals surface area contributed by atoms with Crippen LogP contribution in [0.4, 0.5) is 0 Å². The van der Waals surface area contributed by atoms with Crippen LogP contribution in [0, 0.1) is 0 Å². The van der Waals surface area contributed by atoms with Gasteiger partial charge in [-0.25, -0.2) is 4.98 Å². The zero-order valence-electron chi connectivity index (χ0n) is 13.2. The molecule has 0 bridgehead atoms. The summed E-state index contributed by atoms with van der Waals surface area (Å²) >= 11 is 0. The molecule has 1 N–H and O–H groups in total. The quantitative estimate of drug-likeness (QED) is 0.802. The lowest BCUT2D eigenvalue weighted by atomic mass is 10.1. The third kappa shape index (κ3) is 2.67. The maximum atomic E-state index is 12.5. The Morgan fingerprint density at radius 1 is 1.17 bits per heavy atom. The molecule has 0 radical (unpaired) electrons. The minimum atomic E-state index is -0.683. The Balaban J connectivity index is 1.44. The number of aromatic nitrogens is 2. The van der Waals surface area contributed by atoms with Gasteiger partial charge in [0.1, 0.15) is 11.8 Å². The van der Waals surface area contributed by atoms with Gasteiger partial charge in [-0.2, -0.15) is 0 Å². The van der Waals surface area contributed by atoms with Gasteiger partial charge in [0.25, 0.3) is 5.91 Å². The Hall–Kier alpha value is -3.02. The standard InChI is InChI=1S/C18H17N3O3/c1-12-17(24-15-7-3-2-6-14(15)23-12)18(22)19-10-13-11-21-9-5-4-8-16(21)20-13/h2-9,11-12,17H,10H2,1H3,(H,19,22)/t12-,17+/m1/s1. The predicted molar refractivity (Wildman–Crippen MR) is 88.0 cm³/mol. The van der Waals surface area contributed by atoms with Crippen molar-refractivity contribution >= 4 is 11.6 Å². The van der Waals surface area contributed by atoms with Gasteiger partial charge in [-0.1, -0.05) is 18.2 Å². The summed E-state index contributed by atoms with van der Waals surface area (Å²) in [6.45, 7) is 2.17. The number of benzene rings is 1. The van der Waals surface area contributed by atoms with Gasteiger partial charge in [-0.3, -0.25) is 4.79 Å². The van der Waals surface area contributed by atoms with E-state index >= 15 is 0 Å². The van der Waals surface area contributed by atoms with Crippen LogP contribution in [0.15, 0.2) is 54.9 Å². The molecule has 0 spiro atoms. The van der Waals surface area contributed by atoms with Crippen LogP contribution >= 0.6 is 0 Å². The summed E-state index contributed by atoms with van der Waals surface area (Å²) in [5.74, 6) is 1.03. The largest absolute Gasteiger partial charge is 0.482 e. The highest BCUT2D eigenvalue weighted by Crippen LogP contribution is 2.33. The van der Waals surface area contributed by atoms with Gasteiger partial charge < -0.3 is 19.2 Å². The highest BCUT2D eigenvalue weighted by atomic mass is 16.6. The van der Waals surface area contributed by atoms with E-state index in [-0.39, 0.29) is 12.0 Å². The molecular weight excluding hydrogens is 306 g/mol. The van der Waals surface area contributed by atoms with E-state index in [1.54, 1.807) is 6.07 Å². The molecule has 0 aliphatic carbocycles. The van der Waals surface area contributed by atoms with E-state index < -0.39 is 6.10 Å². The summed E-state index contributed by atoms with van der Waals surface area (Å²) in [5.41, 5.74) is 1.64. The number of carbonyl (C=O) groups excluding carboxylic acids is 1. The summed E-state index contributed by atoms with van der Waals surface area (Å²) in [5, 5.41) is 2.87. The van der Waals surface area contributed by atoms with Crippen molar-refractivity contribution in [3.05, 3.63) is 60.6 Å². The number of para-hydroxylation sites is 2. The number of rotatable bonds is 3. The number of nitrogens with zero attached hydrogens (tertiary/aromatic N) is 2. The van der Waals surface area contributed by atoms with E-state index in [0.717, 1.165) is 11.3 Å². The molecule has 6 nitrogen and oxygen atoms in total. The fourth-order valence-electron chi connectivity index (χ4n) is 2.76. The van der Waals surface area contributed by atoms with Crippen molar-refractivity contribution in [2.45, 2.75) is 25.7 Å². The minimum Gasteiger partial charge on any atom is -0.482 e. The molecular formula is C18H17N3O3. The van der Waals surface area contributed by atoms with Crippen LogP contribution in [-0.2, 0) is 11.3 Å². The minimum absolute atomic E-state index is 0.214. The van der Waals surface area contributed by atoms with Crippen LogP contribution in [0.1, 0.15) is 12.6 Å². The van der Waals surface area contributed by atoms with Crippen molar-refractivity contribution in [2.75, 3.05) is 0 Å². The van der Waals surface area contributed by atoms with Gasteiger partial charge in [-0.15, -0.1) is 0 Å². The molecule has 3 aromatic rings. The maximum Gasteiger partial charge on any atom is 0.265 e. The second kappa shape index (κ2) is 5.88. The normalized spacial score (nSPS) is 19.2. The Bertz CT molecular complexity index is 857. The summed E-state index contributed by atoms with van der Waals surface area (Å²) < 4.78 is 13.5. The van der Waals surface area contributed by atoms with Crippen molar-refractivity contribution in [1.82, 2.24) is 14.7 Å². The van der Waals surface area contributed by atoms with E-state index in [0.29, 0.717) is 18.0 Å². The lowest BCUT2D eigenvalue weighted by molar-refractivity contribution is -0.133. The molecule has 2 atom stereocenters. The summed E-state index contributed by atoms with van der Waals surface area (Å²) in [4.78, 5) is 16.9. The average molecular weight is 323 g/mol. The molecule has 0 saturated carbocycles. The first-order valence-corrected chi connectivity index (χ1v) is 7.83. The molecule has 1 aromatic carbocycles. The van der Waals surface area contributed by atoms with E-state index in [2.05, 4.69) is 10.3 Å². The number of hydrogen-bond donors (Lipinski definition) is 1. The molecule has 0 unspecified atom stereocenters. The SMILES string of the molecule is C[C@H]1Oc2ccccc2O[C@@H]1C(=O)NCc1cn2ccccc2n1. The molecule has 4 rings (SSSR count). The number of ether oxygens (including phenoxy) is 2. The number of hydrogen-bond acceptors (Lipinski definition) is 4. The number of nitrogens with one attached hydrogen (secondary N) is 1. The summed E-state index contributed by atoms with van der Waals surface area (Å²) in [6.07, 6.45) is 2.77. The van der Waals surface area contributed by atoms with Crippen molar-refractivity contribution in [3.8, 4) is 11.5 Å². The number of amides is 1. The van der Waals surface area contributed by atoms with Crippen molar-refractivity contribution < 1.29 is 14.3 Å². The van der Waals surface area contributed by atoms with Crippen LogP contribution in [0.25, 0.3) is 5.65 Å². The fourth-order valence-corrected chi connectivity index (χ4v) is 2.76. The van der Waals surface area contributed by atoms with Gasteiger partial charge >= 0.3 is 0 Å². The van der Waals surface area contributed by atoms with Gasteiger partial charge in [0.05, 0.1) is 12.2 Å². The second-order valence-electron chi connectivity index (χ2n) is 5.72. The number of pyridine rings is 1. The molecule has 122 valence electrons. The monoisotopic (exact) mass is 323 g/mol. The van der Waals surface area contributed by atoms with E-state index in [1.807, 2.05) is 60.1 Å². The third-order valence-electron chi connectivity index (χ3n) is 3.96. The van der Waals surface area contributed by atoms with Gasteiger partial charge in [0.2, 0.25) is 6.10 Å². The summed E-state index contributed by atoms with van der Waals surface area (Å²) in [6, 6.07) is 13.1. The van der Waals surface area contributed by atoms with Gasteiger partial charge in [0, 0.05) is 12.4 Å². The molecule has 0 saturated heterocycles. The van der Waals surface area contributed by atoms with Gasteiger partial charge in [0.15, 0.2) is 11.5 Å². The van der Waals surface area contributed by atoms with Crippen molar-refractivity contribution in [3.63, 3.8) is 0 Å². The maximum absolute atomic E-state index is 12.5. The highest BCUT2D eigenvalue weighted by Gasteiger charge is 2.33. The Morgan fingerprint density at radius 2 is 1.92 bits per heavy atom. The first-order valence-electron chi connectivity index (χ1n) is 7.83. The smallest absolute Gasteiger partial charge is 0.265 e. The van der Waals surface area contributed by atoms with Crippen LogP contribution in [0.2, 0.25) is 0 Å². The average Bonchev–Trinajstić information content (AvgIpc) is 3.02. The second-order valence-corrected chi connectivity index (χ2v) is 5.72. The third-order valence-corrected chi connectivity index (χ3v) is 3.96. The zero-order valence-corrected chi connectivity index (χ0v) is 13.2. The molecule has 0 fully saturated rings. The molecule has 1 aliphatic heterocycles. The lowest BCUT2D eigenvalue weighted by Crippen LogP contribution is -2.48. The van der Waals surface area contributed by atoms with Crippen LogP contribution < -0.4 is 14.8 Å². The first kappa shape index (κ1) is 14.6. The van der Waals surface area contributed by atoms with Crippen LogP contribution in [0.5, 0.6) is 11.5 Å². The van der Waals surface area contributed by atoms with Crippen LogP contribution in [0.3, 0.4) is 0 Å². The number of carbonyl (C=O) groups is 1. The molecule has 24 heavy (non-hydrogen) atoms. The zero-order chi connectivity index (χ0) is 16.5. The topological polar surface area (TPSA) is 64.9 Å². The van der Waals surface area contributed by atoms with E-state index in [1.165, 1.54) is 0 Å². The Labute approximate surface area is 139 Å². The van der Waals surface area contributed by atoms with Gasteiger partial charge in [-0.05, 0) is 31.2 Å². The van der Waals surface area contributed by atoms with E-state index in [4.69, 9.17) is 9.47 Å². The predicted octanol–water partition coefficient (Wildman–Crippen LogP) is 2.18. The Kier molecular flexibility index (Phi) is 3.57. The Morgan fingerprint density at radius 3 is 2.71 bits per heavy atom. The molecule has 1 amide bonds. The number of imidazole rings is 1. The lowest BCUT2D eigenvalue weighted by Gasteiger charge is -2.30. The molecule has 6 heteroatoms. The van der Waals surface area contributed by atoms with Crippen molar-refractivity contribution in [2.24, 2.45) is 0 Å². The first-order chi connectivity index (χ1) is 11.7. The van der Waals surface area contributed by atoms with Crippen LogP contribution in [-0.4, -0.2) is 27.5 Å². The highest BCUT2D eigenvalue weighted by molar-refractivity contribution is 5.82. The fraction of sp³-hybridized carbons (Fsp3) is 0.222.